The quantitative estimate of drug-likeness (QED) is 0.313. The highest BCUT2D eigenvalue weighted by Crippen LogP contribution is 2.34. The van der Waals surface area contributed by atoms with E-state index in [1.807, 2.05) is 62.1 Å². The second-order valence-corrected chi connectivity index (χ2v) is 10.1. The van der Waals surface area contributed by atoms with Crippen molar-refractivity contribution in [3.05, 3.63) is 85.1 Å². The van der Waals surface area contributed by atoms with Gasteiger partial charge >= 0.3 is 0 Å². The van der Waals surface area contributed by atoms with Gasteiger partial charge in [-0.2, -0.15) is 0 Å². The van der Waals surface area contributed by atoms with Crippen molar-refractivity contribution in [2.75, 3.05) is 36.1 Å². The van der Waals surface area contributed by atoms with Crippen LogP contribution in [0.25, 0.3) is 0 Å². The largest absolute Gasteiger partial charge is 0.491 e. The highest BCUT2D eigenvalue weighted by Gasteiger charge is 2.23. The van der Waals surface area contributed by atoms with Gasteiger partial charge in [0.15, 0.2) is 5.82 Å². The number of halogens is 1. The summed E-state index contributed by atoms with van der Waals surface area (Å²) in [5.74, 6) is 2.31. The third-order valence-corrected chi connectivity index (χ3v) is 5.92. The van der Waals surface area contributed by atoms with Gasteiger partial charge in [0, 0.05) is 18.8 Å². The Labute approximate surface area is 213 Å². The molecule has 2 aromatic carbocycles. The van der Waals surface area contributed by atoms with Crippen molar-refractivity contribution in [1.82, 2.24) is 9.97 Å². The maximum atomic E-state index is 14.1. The summed E-state index contributed by atoms with van der Waals surface area (Å²) < 4.78 is 25.7. The van der Waals surface area contributed by atoms with E-state index in [1.165, 1.54) is 12.1 Å². The molecule has 0 bridgehead atoms. The van der Waals surface area contributed by atoms with Crippen LogP contribution in [0.1, 0.15) is 33.6 Å². The molecule has 4 rings (SSSR count). The van der Waals surface area contributed by atoms with Crippen LogP contribution in [0.15, 0.2) is 79.3 Å². The second kappa shape index (κ2) is 11.5. The zero-order chi connectivity index (χ0) is 25.5. The molecule has 0 atom stereocenters. The van der Waals surface area contributed by atoms with Crippen molar-refractivity contribution in [3.63, 3.8) is 0 Å². The van der Waals surface area contributed by atoms with E-state index in [1.54, 1.807) is 18.5 Å². The average molecular weight is 491 g/mol. The van der Waals surface area contributed by atoms with Crippen molar-refractivity contribution >= 4 is 23.0 Å². The molecule has 0 amide bonds. The van der Waals surface area contributed by atoms with Gasteiger partial charge in [-0.1, -0.05) is 30.8 Å². The predicted octanol–water partition coefficient (Wildman–Crippen LogP) is 6.65. The van der Waals surface area contributed by atoms with Crippen molar-refractivity contribution in [2.45, 2.75) is 39.2 Å². The lowest BCUT2D eigenvalue weighted by Gasteiger charge is -2.33. The van der Waals surface area contributed by atoms with E-state index < -0.39 is 0 Å². The van der Waals surface area contributed by atoms with Crippen LogP contribution in [0.5, 0.6) is 0 Å². The Balaban J connectivity index is 1.41. The fourth-order valence-corrected chi connectivity index (χ4v) is 4.34. The molecule has 0 aliphatic carbocycles. The molecule has 1 aromatic heterocycles. The van der Waals surface area contributed by atoms with Gasteiger partial charge < -0.3 is 14.4 Å². The number of benzene rings is 2. The third kappa shape index (κ3) is 7.04. The Morgan fingerprint density at radius 2 is 1.78 bits per heavy atom. The first-order valence-corrected chi connectivity index (χ1v) is 12.4. The number of nitrogens with zero attached hydrogens (tertiary/aromatic N) is 4. The molecule has 0 radical (unpaired) electrons. The first-order chi connectivity index (χ1) is 17.3. The SMILES string of the molecule is C=C(COCC1CCN(c2cncc(N(c3ccccc3)c3cccc(F)c3)n2)CC1)OC(C)(C)C. The van der Waals surface area contributed by atoms with Crippen LogP contribution in [0.4, 0.5) is 27.4 Å². The van der Waals surface area contributed by atoms with Crippen molar-refractivity contribution in [1.29, 1.82) is 0 Å². The molecule has 190 valence electrons. The fraction of sp³-hybridized carbons (Fsp3) is 0.379. The summed E-state index contributed by atoms with van der Waals surface area (Å²) in [6, 6.07) is 16.3. The van der Waals surface area contributed by atoms with E-state index in [2.05, 4.69) is 16.5 Å². The second-order valence-electron chi connectivity index (χ2n) is 10.1. The van der Waals surface area contributed by atoms with Crippen LogP contribution >= 0.6 is 0 Å². The van der Waals surface area contributed by atoms with Crippen molar-refractivity contribution in [2.24, 2.45) is 5.92 Å². The first kappa shape index (κ1) is 25.6. The van der Waals surface area contributed by atoms with Gasteiger partial charge in [0.05, 0.1) is 24.7 Å². The van der Waals surface area contributed by atoms with E-state index in [0.29, 0.717) is 36.4 Å². The molecule has 1 aliphatic rings. The minimum Gasteiger partial charge on any atom is -0.491 e. The van der Waals surface area contributed by atoms with Crippen LogP contribution in [0.2, 0.25) is 0 Å². The van der Waals surface area contributed by atoms with Crippen LogP contribution in [-0.4, -0.2) is 41.9 Å². The van der Waals surface area contributed by atoms with Crippen LogP contribution < -0.4 is 9.80 Å². The number of piperidine rings is 1. The van der Waals surface area contributed by atoms with Crippen LogP contribution in [-0.2, 0) is 9.47 Å². The topological polar surface area (TPSA) is 50.7 Å². The Bertz CT molecular complexity index is 1140. The summed E-state index contributed by atoms with van der Waals surface area (Å²) >= 11 is 0. The Morgan fingerprint density at radius 1 is 1.06 bits per heavy atom. The molecule has 0 unspecified atom stereocenters. The number of hydrogen-bond donors (Lipinski definition) is 0. The predicted molar refractivity (Wildman–Crippen MR) is 142 cm³/mol. The van der Waals surface area contributed by atoms with Gasteiger partial charge in [0.1, 0.15) is 29.6 Å². The van der Waals surface area contributed by atoms with E-state index in [-0.39, 0.29) is 11.4 Å². The zero-order valence-electron chi connectivity index (χ0n) is 21.4. The number of para-hydroxylation sites is 1. The lowest BCUT2D eigenvalue weighted by Crippen LogP contribution is -2.36. The Morgan fingerprint density at radius 3 is 2.47 bits per heavy atom. The Kier molecular flexibility index (Phi) is 8.21. The summed E-state index contributed by atoms with van der Waals surface area (Å²) in [6.45, 7) is 12.8. The summed E-state index contributed by atoms with van der Waals surface area (Å²) in [4.78, 5) is 13.6. The summed E-state index contributed by atoms with van der Waals surface area (Å²) in [5, 5.41) is 0. The van der Waals surface area contributed by atoms with Gasteiger partial charge in [0.25, 0.3) is 0 Å². The zero-order valence-corrected chi connectivity index (χ0v) is 21.4. The van der Waals surface area contributed by atoms with Crippen molar-refractivity contribution in [3.8, 4) is 0 Å². The van der Waals surface area contributed by atoms with Gasteiger partial charge in [-0.25, -0.2) is 9.37 Å². The van der Waals surface area contributed by atoms with Gasteiger partial charge in [0.2, 0.25) is 0 Å². The molecule has 0 saturated carbocycles. The molecule has 2 heterocycles. The average Bonchev–Trinajstić information content (AvgIpc) is 2.85. The molecule has 1 fully saturated rings. The van der Waals surface area contributed by atoms with E-state index in [0.717, 1.165) is 37.4 Å². The molecule has 0 spiro atoms. The Hall–Kier alpha value is -3.45. The number of ether oxygens (including phenoxy) is 2. The molecule has 1 aliphatic heterocycles. The standard InChI is InChI=1S/C29H35FN4O2/c1-22(36-29(2,3)4)20-35-21-23-13-15-33(16-14-23)27-18-31-19-28(32-27)34(25-10-6-5-7-11-25)26-12-8-9-24(30)17-26/h5-12,17-19,23H,1,13-16,20-21H2,2-4H3. The minimum atomic E-state index is -0.296. The monoisotopic (exact) mass is 490 g/mol. The molecule has 7 heteroatoms. The van der Waals surface area contributed by atoms with Gasteiger partial charge in [-0.3, -0.25) is 9.88 Å². The van der Waals surface area contributed by atoms with Gasteiger partial charge in [-0.05, 0) is 69.9 Å². The summed E-state index contributed by atoms with van der Waals surface area (Å²) in [6.07, 6.45) is 5.52. The van der Waals surface area contributed by atoms with E-state index in [9.17, 15) is 4.39 Å². The molecule has 6 nitrogen and oxygen atoms in total. The minimum absolute atomic E-state index is 0.258. The lowest BCUT2D eigenvalue weighted by atomic mass is 9.98. The van der Waals surface area contributed by atoms with Crippen LogP contribution in [0.3, 0.4) is 0 Å². The summed E-state index contributed by atoms with van der Waals surface area (Å²) in [5.41, 5.74) is 1.33. The number of rotatable bonds is 9. The molecule has 3 aromatic rings. The van der Waals surface area contributed by atoms with Crippen LogP contribution in [0, 0.1) is 11.7 Å². The molecule has 36 heavy (non-hydrogen) atoms. The number of aromatic nitrogens is 2. The van der Waals surface area contributed by atoms with Gasteiger partial charge in [-0.15, -0.1) is 0 Å². The maximum Gasteiger partial charge on any atom is 0.158 e. The molecular formula is C29H35FN4O2. The first-order valence-electron chi connectivity index (χ1n) is 12.4. The smallest absolute Gasteiger partial charge is 0.158 e. The highest BCUT2D eigenvalue weighted by atomic mass is 19.1. The van der Waals surface area contributed by atoms with Crippen molar-refractivity contribution < 1.29 is 13.9 Å². The highest BCUT2D eigenvalue weighted by molar-refractivity contribution is 5.74. The van der Waals surface area contributed by atoms with E-state index in [4.69, 9.17) is 14.5 Å². The number of hydrogen-bond acceptors (Lipinski definition) is 6. The molecular weight excluding hydrogens is 455 g/mol. The summed E-state index contributed by atoms with van der Waals surface area (Å²) in [7, 11) is 0. The van der Waals surface area contributed by atoms with E-state index >= 15 is 0 Å². The third-order valence-electron chi connectivity index (χ3n) is 5.92. The molecule has 0 N–H and O–H groups in total. The number of anilines is 4. The lowest BCUT2D eigenvalue weighted by molar-refractivity contribution is 0.0101. The fourth-order valence-electron chi connectivity index (χ4n) is 4.34. The normalized spacial score (nSPS) is 14.5. The maximum absolute atomic E-state index is 14.1. The molecule has 1 saturated heterocycles.